The Bertz CT molecular complexity index is 786. The third-order valence-electron chi connectivity index (χ3n) is 4.32. The lowest BCUT2D eigenvalue weighted by molar-refractivity contribution is -0.0493. The van der Waals surface area contributed by atoms with Gasteiger partial charge in [0.05, 0.1) is 17.4 Å². The number of halogens is 2. The highest BCUT2D eigenvalue weighted by atomic mass is 19.3. The van der Waals surface area contributed by atoms with Crippen molar-refractivity contribution in [2.45, 2.75) is 39.3 Å². The number of carbonyl (C=O) groups is 1. The van der Waals surface area contributed by atoms with Crippen molar-refractivity contribution in [2.24, 2.45) is 0 Å². The fraction of sp³-hybridized carbons (Fsp3) is 0.444. The number of nitrogens with zero attached hydrogens (tertiary/aromatic N) is 2. The summed E-state index contributed by atoms with van der Waals surface area (Å²) < 4.78 is 36.9. The van der Waals surface area contributed by atoms with Crippen LogP contribution in [0.15, 0.2) is 24.3 Å². The van der Waals surface area contributed by atoms with Crippen molar-refractivity contribution in [3.8, 4) is 5.75 Å². The molecule has 2 heterocycles. The predicted octanol–water partition coefficient (Wildman–Crippen LogP) is 3.71. The summed E-state index contributed by atoms with van der Waals surface area (Å²) in [5, 5.41) is 7.14. The quantitative estimate of drug-likeness (QED) is 0.877. The monoisotopic (exact) mass is 365 g/mol. The number of hydrogen-bond donors (Lipinski definition) is 1. The van der Waals surface area contributed by atoms with E-state index in [-0.39, 0.29) is 17.5 Å². The first-order valence-corrected chi connectivity index (χ1v) is 8.45. The van der Waals surface area contributed by atoms with E-state index in [0.717, 1.165) is 18.5 Å². The van der Waals surface area contributed by atoms with Gasteiger partial charge in [-0.3, -0.25) is 9.48 Å². The number of ether oxygens (including phenoxy) is 2. The van der Waals surface area contributed by atoms with E-state index in [0.29, 0.717) is 24.5 Å². The van der Waals surface area contributed by atoms with E-state index in [4.69, 9.17) is 4.74 Å². The first kappa shape index (κ1) is 18.3. The number of rotatable bonds is 5. The molecular formula is C18H21F2N3O3. The maximum Gasteiger partial charge on any atom is 0.387 e. The molecule has 0 bridgehead atoms. The number of benzene rings is 1. The number of para-hydroxylation sites is 1. The lowest BCUT2D eigenvalue weighted by Gasteiger charge is -2.24. The van der Waals surface area contributed by atoms with Gasteiger partial charge in [0.25, 0.3) is 5.91 Å². The van der Waals surface area contributed by atoms with Crippen molar-refractivity contribution in [3.05, 3.63) is 41.2 Å². The van der Waals surface area contributed by atoms with Crippen molar-refractivity contribution in [1.29, 1.82) is 0 Å². The Morgan fingerprint density at radius 3 is 2.77 bits per heavy atom. The highest BCUT2D eigenvalue weighted by Crippen LogP contribution is 2.30. The van der Waals surface area contributed by atoms with E-state index in [1.165, 1.54) is 6.07 Å². The van der Waals surface area contributed by atoms with Gasteiger partial charge in [0.15, 0.2) is 0 Å². The maximum atomic E-state index is 12.8. The lowest BCUT2D eigenvalue weighted by Crippen LogP contribution is -2.26. The minimum Gasteiger partial charge on any atom is -0.433 e. The van der Waals surface area contributed by atoms with Gasteiger partial charge in [-0.05, 0) is 44.4 Å². The zero-order chi connectivity index (χ0) is 18.7. The summed E-state index contributed by atoms with van der Waals surface area (Å²) in [4.78, 5) is 12.8. The van der Waals surface area contributed by atoms with E-state index in [2.05, 4.69) is 15.2 Å². The Morgan fingerprint density at radius 2 is 2.08 bits per heavy atom. The van der Waals surface area contributed by atoms with E-state index in [1.807, 2.05) is 6.92 Å². The fourth-order valence-electron chi connectivity index (χ4n) is 3.07. The van der Waals surface area contributed by atoms with Crippen LogP contribution in [0.25, 0.3) is 0 Å². The third-order valence-corrected chi connectivity index (χ3v) is 4.32. The van der Waals surface area contributed by atoms with Crippen LogP contribution in [0.5, 0.6) is 5.75 Å². The van der Waals surface area contributed by atoms with Crippen LogP contribution in [0.3, 0.4) is 0 Å². The minimum absolute atomic E-state index is 0.0674. The minimum atomic E-state index is -2.97. The predicted molar refractivity (Wildman–Crippen MR) is 91.8 cm³/mol. The number of amides is 1. The molecule has 1 fully saturated rings. The van der Waals surface area contributed by atoms with E-state index in [9.17, 15) is 13.6 Å². The number of anilines is 1. The van der Waals surface area contributed by atoms with Crippen LogP contribution >= 0.6 is 0 Å². The molecule has 0 unspecified atom stereocenters. The molecule has 0 saturated carbocycles. The molecule has 140 valence electrons. The molecule has 1 N–H and O–H groups in total. The van der Waals surface area contributed by atoms with E-state index in [1.54, 1.807) is 29.8 Å². The second-order valence-electron chi connectivity index (χ2n) is 6.24. The summed E-state index contributed by atoms with van der Waals surface area (Å²) in [6.07, 6.45) is 1.54. The molecule has 0 aliphatic carbocycles. The van der Waals surface area contributed by atoms with Gasteiger partial charge in [0.1, 0.15) is 11.4 Å². The topological polar surface area (TPSA) is 65.4 Å². The smallest absolute Gasteiger partial charge is 0.387 e. The molecule has 0 spiro atoms. The van der Waals surface area contributed by atoms with Crippen LogP contribution in [0.1, 0.15) is 40.6 Å². The molecule has 1 saturated heterocycles. The largest absolute Gasteiger partial charge is 0.433 e. The van der Waals surface area contributed by atoms with Gasteiger partial charge in [-0.25, -0.2) is 0 Å². The zero-order valence-electron chi connectivity index (χ0n) is 14.7. The first-order valence-electron chi connectivity index (χ1n) is 8.45. The van der Waals surface area contributed by atoms with Crippen LogP contribution in [-0.4, -0.2) is 35.5 Å². The molecule has 3 rings (SSSR count). The Morgan fingerprint density at radius 1 is 1.35 bits per heavy atom. The van der Waals surface area contributed by atoms with E-state index >= 15 is 0 Å². The van der Waals surface area contributed by atoms with Crippen molar-refractivity contribution in [3.63, 3.8) is 0 Å². The Labute approximate surface area is 150 Å². The molecule has 26 heavy (non-hydrogen) atoms. The van der Waals surface area contributed by atoms with Crippen LogP contribution in [0, 0.1) is 13.8 Å². The lowest BCUT2D eigenvalue weighted by atomic mass is 10.1. The molecule has 2 aromatic rings. The van der Waals surface area contributed by atoms with Crippen LogP contribution in [-0.2, 0) is 4.74 Å². The molecule has 1 aliphatic rings. The van der Waals surface area contributed by atoms with Gasteiger partial charge >= 0.3 is 6.61 Å². The number of nitrogens with one attached hydrogen (secondary N) is 1. The molecule has 1 aromatic heterocycles. The summed E-state index contributed by atoms with van der Waals surface area (Å²) >= 11 is 0. The van der Waals surface area contributed by atoms with Gasteiger partial charge in [-0.1, -0.05) is 12.1 Å². The van der Waals surface area contributed by atoms with Gasteiger partial charge in [0, 0.05) is 13.2 Å². The molecule has 0 atom stereocenters. The second-order valence-corrected chi connectivity index (χ2v) is 6.24. The summed E-state index contributed by atoms with van der Waals surface area (Å²) in [5.74, 6) is -0.479. The maximum absolute atomic E-state index is 12.8. The molecule has 1 aliphatic heterocycles. The number of carbonyl (C=O) groups excluding carboxylic acids is 1. The Balaban J connectivity index is 1.87. The summed E-state index contributed by atoms with van der Waals surface area (Å²) in [6, 6.07) is 6.48. The third kappa shape index (κ3) is 4.01. The molecular weight excluding hydrogens is 344 g/mol. The molecule has 0 radical (unpaired) electrons. The standard InChI is InChI=1S/C18H21F2N3O3/c1-11-4-3-5-15(26-18(19)20)16(11)21-17(24)14-10-12(2)22-23(14)13-6-8-25-9-7-13/h3-5,10,13,18H,6-9H2,1-2H3,(H,21,24). The van der Waals surface area contributed by atoms with Gasteiger partial charge in [0.2, 0.25) is 0 Å². The van der Waals surface area contributed by atoms with Gasteiger partial charge in [-0.15, -0.1) is 0 Å². The highest BCUT2D eigenvalue weighted by molar-refractivity contribution is 6.04. The second kappa shape index (κ2) is 7.82. The normalized spacial score (nSPS) is 15.3. The Hall–Kier alpha value is -2.48. The fourth-order valence-corrected chi connectivity index (χ4v) is 3.07. The van der Waals surface area contributed by atoms with Crippen LogP contribution in [0.2, 0.25) is 0 Å². The summed E-state index contributed by atoms with van der Waals surface area (Å²) in [6.45, 7) is 1.80. The number of aromatic nitrogens is 2. The number of alkyl halides is 2. The molecule has 1 aromatic carbocycles. The summed E-state index contributed by atoms with van der Waals surface area (Å²) in [5.41, 5.74) is 1.97. The highest BCUT2D eigenvalue weighted by Gasteiger charge is 2.24. The number of aryl methyl sites for hydroxylation is 2. The SMILES string of the molecule is Cc1cc(C(=O)Nc2c(C)cccc2OC(F)F)n(C2CCOCC2)n1. The van der Waals surface area contributed by atoms with Crippen molar-refractivity contribution in [1.82, 2.24) is 9.78 Å². The average Bonchev–Trinajstić information content (AvgIpc) is 3.00. The summed E-state index contributed by atoms with van der Waals surface area (Å²) in [7, 11) is 0. The average molecular weight is 365 g/mol. The van der Waals surface area contributed by atoms with Crippen molar-refractivity contribution >= 4 is 11.6 Å². The molecule has 6 nitrogen and oxygen atoms in total. The number of hydrogen-bond acceptors (Lipinski definition) is 4. The first-order chi connectivity index (χ1) is 12.5. The van der Waals surface area contributed by atoms with Crippen molar-refractivity contribution in [2.75, 3.05) is 18.5 Å². The van der Waals surface area contributed by atoms with Gasteiger partial charge < -0.3 is 14.8 Å². The van der Waals surface area contributed by atoms with Crippen LogP contribution in [0.4, 0.5) is 14.5 Å². The van der Waals surface area contributed by atoms with Crippen LogP contribution < -0.4 is 10.1 Å². The molecule has 8 heteroatoms. The Kier molecular flexibility index (Phi) is 5.51. The van der Waals surface area contributed by atoms with E-state index < -0.39 is 12.5 Å². The molecule has 1 amide bonds. The van der Waals surface area contributed by atoms with Crippen molar-refractivity contribution < 1.29 is 23.0 Å². The zero-order valence-corrected chi connectivity index (χ0v) is 14.7. The van der Waals surface area contributed by atoms with Gasteiger partial charge in [-0.2, -0.15) is 13.9 Å².